The van der Waals surface area contributed by atoms with Crippen molar-refractivity contribution >= 4 is 21.4 Å². The topological polar surface area (TPSA) is 63.2 Å². The lowest BCUT2D eigenvalue weighted by Crippen LogP contribution is -2.29. The lowest BCUT2D eigenvalue weighted by molar-refractivity contribution is -0.116. The highest BCUT2D eigenvalue weighted by molar-refractivity contribution is 7.91. The Morgan fingerprint density at radius 1 is 1.11 bits per heavy atom. The van der Waals surface area contributed by atoms with E-state index in [2.05, 4.69) is 5.32 Å². The number of carbonyl (C=O) groups excluding carboxylic acids is 1. The summed E-state index contributed by atoms with van der Waals surface area (Å²) < 4.78 is 37.7. The molecule has 1 atom stereocenters. The maximum atomic E-state index is 13.8. The molecule has 2 rings (SSSR count). The molecule has 2 aromatic rings. The van der Waals surface area contributed by atoms with Crippen molar-refractivity contribution in [2.45, 2.75) is 50.5 Å². The van der Waals surface area contributed by atoms with Gasteiger partial charge in [-0.05, 0) is 56.0 Å². The van der Waals surface area contributed by atoms with Gasteiger partial charge in [0, 0.05) is 12.1 Å². The Hall–Kier alpha value is -2.21. The Morgan fingerprint density at radius 3 is 2.41 bits per heavy atom. The van der Waals surface area contributed by atoms with Gasteiger partial charge in [0.1, 0.15) is 5.82 Å². The van der Waals surface area contributed by atoms with Gasteiger partial charge in [-0.3, -0.25) is 4.79 Å². The first-order valence-electron chi connectivity index (χ1n) is 8.85. The van der Waals surface area contributed by atoms with Gasteiger partial charge in [-0.2, -0.15) is 0 Å². The fraction of sp³-hybridized carbons (Fsp3) is 0.381. The second-order valence-electron chi connectivity index (χ2n) is 7.75. The minimum Gasteiger partial charge on any atom is -0.326 e. The van der Waals surface area contributed by atoms with Crippen molar-refractivity contribution in [1.29, 1.82) is 0 Å². The summed E-state index contributed by atoms with van der Waals surface area (Å²) in [5.74, 6) is -0.935. The third-order valence-electron chi connectivity index (χ3n) is 4.43. The normalized spacial score (nSPS) is 13.2. The Labute approximate surface area is 160 Å². The summed E-state index contributed by atoms with van der Waals surface area (Å²) in [4.78, 5) is 12.3. The SMILES string of the molecule is CC(CC(=O)Nc1cccc(CS(=O)(=O)C(C)(C)C)c1)c1ccccc1F. The minimum absolute atomic E-state index is 0.0914. The molecule has 0 radical (unpaired) electrons. The van der Waals surface area contributed by atoms with Crippen LogP contribution in [0, 0.1) is 5.82 Å². The highest BCUT2D eigenvalue weighted by atomic mass is 32.2. The van der Waals surface area contributed by atoms with Gasteiger partial charge in [0.25, 0.3) is 0 Å². The van der Waals surface area contributed by atoms with E-state index in [-0.39, 0.29) is 29.8 Å². The number of benzene rings is 2. The van der Waals surface area contributed by atoms with Gasteiger partial charge < -0.3 is 5.32 Å². The van der Waals surface area contributed by atoms with Crippen molar-refractivity contribution in [3.8, 4) is 0 Å². The lowest BCUT2D eigenvalue weighted by Gasteiger charge is -2.19. The molecule has 6 heteroatoms. The van der Waals surface area contributed by atoms with Crippen LogP contribution in [0.3, 0.4) is 0 Å². The first-order valence-corrected chi connectivity index (χ1v) is 10.5. The molecule has 27 heavy (non-hydrogen) atoms. The molecule has 2 aromatic carbocycles. The van der Waals surface area contributed by atoms with E-state index in [0.717, 1.165) is 0 Å². The number of hydrogen-bond donors (Lipinski definition) is 1. The number of carbonyl (C=O) groups is 1. The van der Waals surface area contributed by atoms with Crippen LogP contribution in [0.1, 0.15) is 51.2 Å². The molecule has 0 bridgehead atoms. The molecule has 146 valence electrons. The van der Waals surface area contributed by atoms with E-state index in [1.165, 1.54) is 6.07 Å². The summed E-state index contributed by atoms with van der Waals surface area (Å²) in [6.45, 7) is 6.79. The summed E-state index contributed by atoms with van der Waals surface area (Å²) in [5, 5.41) is 2.77. The second kappa shape index (κ2) is 8.21. The number of sulfone groups is 1. The summed E-state index contributed by atoms with van der Waals surface area (Å²) in [6, 6.07) is 13.2. The molecular formula is C21H26FNO3S. The zero-order chi connectivity index (χ0) is 20.2. The fourth-order valence-corrected chi connectivity index (χ4v) is 3.70. The van der Waals surface area contributed by atoms with Gasteiger partial charge in [0.15, 0.2) is 9.84 Å². The van der Waals surface area contributed by atoms with Gasteiger partial charge in [0.2, 0.25) is 5.91 Å². The van der Waals surface area contributed by atoms with Crippen molar-refractivity contribution in [2.24, 2.45) is 0 Å². The van der Waals surface area contributed by atoms with Gasteiger partial charge >= 0.3 is 0 Å². The molecule has 0 fully saturated rings. The highest BCUT2D eigenvalue weighted by Gasteiger charge is 2.29. The molecule has 0 saturated heterocycles. The lowest BCUT2D eigenvalue weighted by atomic mass is 9.97. The average molecular weight is 392 g/mol. The first-order chi connectivity index (χ1) is 12.5. The fourth-order valence-electron chi connectivity index (χ4n) is 2.65. The molecule has 0 heterocycles. The highest BCUT2D eigenvalue weighted by Crippen LogP contribution is 2.24. The van der Waals surface area contributed by atoms with Crippen molar-refractivity contribution in [3.05, 3.63) is 65.5 Å². The Bertz CT molecular complexity index is 917. The molecular weight excluding hydrogens is 365 g/mol. The monoisotopic (exact) mass is 391 g/mol. The van der Waals surface area contributed by atoms with E-state index in [1.807, 2.05) is 0 Å². The summed E-state index contributed by atoms with van der Waals surface area (Å²) >= 11 is 0. The zero-order valence-corrected chi connectivity index (χ0v) is 16.9. The van der Waals surface area contributed by atoms with Gasteiger partial charge in [-0.25, -0.2) is 12.8 Å². The molecule has 4 nitrogen and oxygen atoms in total. The van der Waals surface area contributed by atoms with E-state index in [4.69, 9.17) is 0 Å². The van der Waals surface area contributed by atoms with Crippen LogP contribution in [0.2, 0.25) is 0 Å². The van der Waals surface area contributed by atoms with Crippen molar-refractivity contribution < 1.29 is 17.6 Å². The standard InChI is InChI=1S/C21H26FNO3S/c1-15(18-10-5-6-11-19(18)22)12-20(24)23-17-9-7-8-16(13-17)14-27(25,26)21(2,3)4/h5-11,13,15H,12,14H2,1-4H3,(H,23,24). The number of amides is 1. The molecule has 1 amide bonds. The van der Waals surface area contributed by atoms with E-state index >= 15 is 0 Å². The van der Waals surface area contributed by atoms with Crippen LogP contribution in [0.15, 0.2) is 48.5 Å². The van der Waals surface area contributed by atoms with Crippen LogP contribution >= 0.6 is 0 Å². The zero-order valence-electron chi connectivity index (χ0n) is 16.1. The number of anilines is 1. The minimum atomic E-state index is -3.31. The molecule has 0 aliphatic carbocycles. The number of nitrogens with one attached hydrogen (secondary N) is 1. The number of hydrogen-bond acceptors (Lipinski definition) is 3. The average Bonchev–Trinajstić information content (AvgIpc) is 2.53. The van der Waals surface area contributed by atoms with Crippen LogP contribution in [0.4, 0.5) is 10.1 Å². The quantitative estimate of drug-likeness (QED) is 0.778. The number of halogens is 1. The first kappa shape index (κ1) is 21.1. The third kappa shape index (κ3) is 5.63. The van der Waals surface area contributed by atoms with Gasteiger partial charge in [0.05, 0.1) is 10.5 Å². The Morgan fingerprint density at radius 2 is 1.78 bits per heavy atom. The summed E-state index contributed by atoms with van der Waals surface area (Å²) in [5.41, 5.74) is 1.64. The number of rotatable bonds is 6. The molecule has 0 aliphatic rings. The summed E-state index contributed by atoms with van der Waals surface area (Å²) in [6.07, 6.45) is 0.130. The third-order valence-corrected chi connectivity index (χ3v) is 7.01. The largest absolute Gasteiger partial charge is 0.326 e. The van der Waals surface area contributed by atoms with Crippen molar-refractivity contribution in [1.82, 2.24) is 0 Å². The van der Waals surface area contributed by atoms with E-state index < -0.39 is 14.6 Å². The molecule has 0 spiro atoms. The Kier molecular flexibility index (Phi) is 6.42. The van der Waals surface area contributed by atoms with E-state index in [1.54, 1.807) is 70.2 Å². The molecule has 0 aliphatic heterocycles. The summed E-state index contributed by atoms with van der Waals surface area (Å²) in [7, 11) is -3.31. The van der Waals surface area contributed by atoms with Gasteiger partial charge in [-0.1, -0.05) is 37.3 Å². The molecule has 1 unspecified atom stereocenters. The van der Waals surface area contributed by atoms with Crippen LogP contribution in [0.5, 0.6) is 0 Å². The van der Waals surface area contributed by atoms with Crippen LogP contribution < -0.4 is 5.32 Å². The Balaban J connectivity index is 2.06. The van der Waals surface area contributed by atoms with Crippen LogP contribution in [0.25, 0.3) is 0 Å². The maximum Gasteiger partial charge on any atom is 0.224 e. The predicted molar refractivity (Wildman–Crippen MR) is 107 cm³/mol. The van der Waals surface area contributed by atoms with Crippen LogP contribution in [-0.4, -0.2) is 19.1 Å². The molecule has 0 saturated carbocycles. The van der Waals surface area contributed by atoms with Crippen molar-refractivity contribution in [2.75, 3.05) is 5.32 Å². The second-order valence-corrected chi connectivity index (χ2v) is 10.5. The smallest absolute Gasteiger partial charge is 0.224 e. The van der Waals surface area contributed by atoms with E-state index in [0.29, 0.717) is 16.8 Å². The van der Waals surface area contributed by atoms with E-state index in [9.17, 15) is 17.6 Å². The molecule has 1 N–H and O–H groups in total. The maximum absolute atomic E-state index is 13.8. The predicted octanol–water partition coefficient (Wildman–Crippen LogP) is 4.67. The van der Waals surface area contributed by atoms with Crippen molar-refractivity contribution in [3.63, 3.8) is 0 Å². The van der Waals surface area contributed by atoms with Gasteiger partial charge in [-0.15, -0.1) is 0 Å². The van der Waals surface area contributed by atoms with Crippen LogP contribution in [-0.2, 0) is 20.4 Å². The molecule has 0 aromatic heterocycles.